The monoisotopic (exact) mass is 215 g/mol. The maximum Gasteiger partial charge on any atom is 0.0588 e. The van der Waals surface area contributed by atoms with Crippen molar-refractivity contribution in [2.24, 2.45) is 5.92 Å². The van der Waals surface area contributed by atoms with Crippen LogP contribution in [0, 0.1) is 5.92 Å². The molecule has 3 heteroatoms. The first-order chi connectivity index (χ1) is 6.86. The van der Waals surface area contributed by atoms with Crippen LogP contribution in [0.2, 0.25) is 0 Å². The van der Waals surface area contributed by atoms with Gasteiger partial charge in [0.15, 0.2) is 0 Å². The van der Waals surface area contributed by atoms with E-state index in [4.69, 9.17) is 4.74 Å². The van der Waals surface area contributed by atoms with E-state index >= 15 is 0 Å². The highest BCUT2D eigenvalue weighted by molar-refractivity contribution is 7.99. The molecule has 2 aliphatic heterocycles. The molecule has 0 amide bonds. The number of thioether (sulfide) groups is 1. The molecule has 0 aromatic rings. The molecule has 2 nitrogen and oxygen atoms in total. The first kappa shape index (κ1) is 10.8. The van der Waals surface area contributed by atoms with Gasteiger partial charge in [-0.15, -0.1) is 0 Å². The summed E-state index contributed by atoms with van der Waals surface area (Å²) < 4.78 is 5.56. The summed E-state index contributed by atoms with van der Waals surface area (Å²) in [5, 5.41) is 3.69. The van der Waals surface area contributed by atoms with Crippen LogP contribution < -0.4 is 5.32 Å². The number of rotatable bonds is 3. The van der Waals surface area contributed by atoms with E-state index in [9.17, 15) is 0 Å². The van der Waals surface area contributed by atoms with Crippen LogP contribution in [-0.4, -0.2) is 36.8 Å². The van der Waals surface area contributed by atoms with Crippen LogP contribution >= 0.6 is 11.8 Å². The Labute approximate surface area is 91.2 Å². The van der Waals surface area contributed by atoms with Gasteiger partial charge in [0.05, 0.1) is 6.10 Å². The predicted molar refractivity (Wildman–Crippen MR) is 61.9 cm³/mol. The van der Waals surface area contributed by atoms with Crippen molar-refractivity contribution < 1.29 is 4.74 Å². The molecular weight excluding hydrogens is 194 g/mol. The lowest BCUT2D eigenvalue weighted by Gasteiger charge is -2.25. The number of hydrogen-bond donors (Lipinski definition) is 1. The van der Waals surface area contributed by atoms with Gasteiger partial charge < -0.3 is 10.1 Å². The SMILES string of the molecule is CC1OCCC1CNC1CCCSC1. The minimum absolute atomic E-state index is 0.471. The quantitative estimate of drug-likeness (QED) is 0.777. The topological polar surface area (TPSA) is 21.3 Å². The van der Waals surface area contributed by atoms with Crippen molar-refractivity contribution in [1.82, 2.24) is 5.32 Å². The summed E-state index contributed by atoms with van der Waals surface area (Å²) in [5.41, 5.74) is 0. The molecule has 0 aromatic carbocycles. The van der Waals surface area contributed by atoms with E-state index in [0.717, 1.165) is 25.1 Å². The van der Waals surface area contributed by atoms with E-state index in [0.29, 0.717) is 6.10 Å². The van der Waals surface area contributed by atoms with E-state index in [2.05, 4.69) is 24.0 Å². The molecule has 2 aliphatic rings. The molecule has 0 radical (unpaired) electrons. The molecule has 0 bridgehead atoms. The van der Waals surface area contributed by atoms with E-state index in [-0.39, 0.29) is 0 Å². The molecule has 2 fully saturated rings. The fourth-order valence-electron chi connectivity index (χ4n) is 2.26. The van der Waals surface area contributed by atoms with Crippen molar-refractivity contribution in [2.75, 3.05) is 24.7 Å². The van der Waals surface area contributed by atoms with E-state index < -0.39 is 0 Å². The smallest absolute Gasteiger partial charge is 0.0588 e. The van der Waals surface area contributed by atoms with Gasteiger partial charge in [0, 0.05) is 24.9 Å². The molecule has 82 valence electrons. The average Bonchev–Trinajstić information content (AvgIpc) is 2.63. The third-order valence-electron chi connectivity index (χ3n) is 3.36. The Hall–Kier alpha value is 0.270. The van der Waals surface area contributed by atoms with Gasteiger partial charge in [-0.2, -0.15) is 11.8 Å². The highest BCUT2D eigenvalue weighted by Gasteiger charge is 2.24. The van der Waals surface area contributed by atoms with Crippen molar-refractivity contribution in [2.45, 2.75) is 38.3 Å². The molecule has 0 aromatic heterocycles. The van der Waals surface area contributed by atoms with Crippen LogP contribution in [0.1, 0.15) is 26.2 Å². The van der Waals surface area contributed by atoms with Crippen LogP contribution in [0.15, 0.2) is 0 Å². The number of ether oxygens (including phenoxy) is 1. The van der Waals surface area contributed by atoms with Crippen LogP contribution in [-0.2, 0) is 4.74 Å². The van der Waals surface area contributed by atoms with Gasteiger partial charge in [0.2, 0.25) is 0 Å². The Bertz CT molecular complexity index is 171. The Morgan fingerprint density at radius 1 is 1.43 bits per heavy atom. The molecule has 14 heavy (non-hydrogen) atoms. The molecule has 0 aliphatic carbocycles. The van der Waals surface area contributed by atoms with Crippen molar-refractivity contribution in [3.63, 3.8) is 0 Å². The maximum absolute atomic E-state index is 5.56. The van der Waals surface area contributed by atoms with Gasteiger partial charge in [0.25, 0.3) is 0 Å². The second-order valence-corrected chi connectivity index (χ2v) is 5.60. The molecule has 0 saturated carbocycles. The fraction of sp³-hybridized carbons (Fsp3) is 1.00. The van der Waals surface area contributed by atoms with Gasteiger partial charge in [0.1, 0.15) is 0 Å². The van der Waals surface area contributed by atoms with Gasteiger partial charge in [-0.3, -0.25) is 0 Å². The molecule has 2 heterocycles. The zero-order chi connectivity index (χ0) is 9.80. The molecule has 2 saturated heterocycles. The molecule has 1 N–H and O–H groups in total. The molecule has 3 unspecified atom stereocenters. The Balaban J connectivity index is 1.65. The highest BCUT2D eigenvalue weighted by Crippen LogP contribution is 2.21. The largest absolute Gasteiger partial charge is 0.378 e. The summed E-state index contributed by atoms with van der Waals surface area (Å²) in [6.07, 6.45) is 4.47. The molecule has 0 spiro atoms. The lowest BCUT2D eigenvalue weighted by atomic mass is 10.0. The predicted octanol–water partition coefficient (Wildman–Crippen LogP) is 1.90. The van der Waals surface area contributed by atoms with Crippen LogP contribution in [0.4, 0.5) is 0 Å². The summed E-state index contributed by atoms with van der Waals surface area (Å²) >= 11 is 2.09. The Morgan fingerprint density at radius 3 is 3.00 bits per heavy atom. The second-order valence-electron chi connectivity index (χ2n) is 4.45. The summed E-state index contributed by atoms with van der Waals surface area (Å²) in [4.78, 5) is 0. The van der Waals surface area contributed by atoms with Crippen LogP contribution in [0.25, 0.3) is 0 Å². The highest BCUT2D eigenvalue weighted by atomic mass is 32.2. The van der Waals surface area contributed by atoms with Crippen molar-refractivity contribution in [3.05, 3.63) is 0 Å². The molecular formula is C11H21NOS. The summed E-state index contributed by atoms with van der Waals surface area (Å²) in [7, 11) is 0. The second kappa shape index (κ2) is 5.38. The Kier molecular flexibility index (Phi) is 4.14. The molecule has 2 rings (SSSR count). The first-order valence-corrected chi connectivity index (χ1v) is 6.94. The standard InChI is InChI=1S/C11H21NOS/c1-9-10(4-5-13-9)7-12-11-3-2-6-14-8-11/h9-12H,2-8H2,1H3. The lowest BCUT2D eigenvalue weighted by molar-refractivity contribution is 0.105. The van der Waals surface area contributed by atoms with Crippen LogP contribution in [0.3, 0.4) is 0 Å². The lowest BCUT2D eigenvalue weighted by Crippen LogP contribution is -2.38. The average molecular weight is 215 g/mol. The third kappa shape index (κ3) is 2.88. The van der Waals surface area contributed by atoms with Gasteiger partial charge in [-0.1, -0.05) is 0 Å². The van der Waals surface area contributed by atoms with Gasteiger partial charge in [-0.05, 0) is 37.9 Å². The van der Waals surface area contributed by atoms with Crippen LogP contribution in [0.5, 0.6) is 0 Å². The molecule has 3 atom stereocenters. The van der Waals surface area contributed by atoms with Crippen molar-refractivity contribution in [1.29, 1.82) is 0 Å². The van der Waals surface area contributed by atoms with Gasteiger partial charge in [-0.25, -0.2) is 0 Å². The minimum atomic E-state index is 0.471. The number of hydrogen-bond acceptors (Lipinski definition) is 3. The van der Waals surface area contributed by atoms with Crippen molar-refractivity contribution in [3.8, 4) is 0 Å². The van der Waals surface area contributed by atoms with E-state index in [1.165, 1.54) is 30.8 Å². The number of nitrogens with one attached hydrogen (secondary N) is 1. The minimum Gasteiger partial charge on any atom is -0.378 e. The summed E-state index contributed by atoms with van der Waals surface area (Å²) in [6, 6.07) is 0.765. The first-order valence-electron chi connectivity index (χ1n) is 5.79. The summed E-state index contributed by atoms with van der Waals surface area (Å²) in [6.45, 7) is 4.33. The zero-order valence-electron chi connectivity index (χ0n) is 9.00. The summed E-state index contributed by atoms with van der Waals surface area (Å²) in [5.74, 6) is 3.42. The fourth-order valence-corrected chi connectivity index (χ4v) is 3.37. The van der Waals surface area contributed by atoms with E-state index in [1.807, 2.05) is 0 Å². The van der Waals surface area contributed by atoms with E-state index in [1.54, 1.807) is 0 Å². The Morgan fingerprint density at radius 2 is 2.36 bits per heavy atom. The van der Waals surface area contributed by atoms with Gasteiger partial charge >= 0.3 is 0 Å². The normalized spacial score (nSPS) is 38.8. The third-order valence-corrected chi connectivity index (χ3v) is 4.58. The zero-order valence-corrected chi connectivity index (χ0v) is 9.81. The maximum atomic E-state index is 5.56. The van der Waals surface area contributed by atoms with Crippen molar-refractivity contribution >= 4 is 11.8 Å².